The fourth-order valence-corrected chi connectivity index (χ4v) is 3.21. The summed E-state index contributed by atoms with van der Waals surface area (Å²) in [7, 11) is 1.73. The molecule has 148 valence electrons. The summed E-state index contributed by atoms with van der Waals surface area (Å²) in [6, 6.07) is 3.96. The summed E-state index contributed by atoms with van der Waals surface area (Å²) in [5.74, 6) is 0.636. The lowest BCUT2D eigenvalue weighted by molar-refractivity contribution is 0.187. The lowest BCUT2D eigenvalue weighted by atomic mass is 10.0. The molecule has 1 fully saturated rings. The lowest BCUT2D eigenvalue weighted by Gasteiger charge is -2.34. The average molecular weight is 480 g/mol. The van der Waals surface area contributed by atoms with E-state index >= 15 is 0 Å². The topological polar surface area (TPSA) is 39.7 Å². The molecule has 1 aliphatic heterocycles. The van der Waals surface area contributed by atoms with Gasteiger partial charge in [-0.25, -0.2) is 8.78 Å². The van der Waals surface area contributed by atoms with Gasteiger partial charge in [-0.3, -0.25) is 4.99 Å². The van der Waals surface area contributed by atoms with Crippen LogP contribution in [0.3, 0.4) is 0 Å². The standard InChI is InChI=1S/C19H30F2N4.HI/c1-14(2)13-25-10-7-17(8-11-25)24-19(22-3)23-9-6-15-12-16(20)4-5-18(15)21;/h4-5,12,14,17H,6-11,13H2,1-3H3,(H2,22,23,24);1H. The van der Waals surface area contributed by atoms with Crippen molar-refractivity contribution >= 4 is 29.9 Å². The average Bonchev–Trinajstić information content (AvgIpc) is 2.58. The highest BCUT2D eigenvalue weighted by Crippen LogP contribution is 2.12. The van der Waals surface area contributed by atoms with Crippen molar-refractivity contribution in [1.82, 2.24) is 15.5 Å². The van der Waals surface area contributed by atoms with Crippen molar-refractivity contribution in [2.24, 2.45) is 10.9 Å². The van der Waals surface area contributed by atoms with E-state index in [0.717, 1.165) is 44.5 Å². The third kappa shape index (κ3) is 7.73. The van der Waals surface area contributed by atoms with E-state index in [1.165, 1.54) is 12.1 Å². The van der Waals surface area contributed by atoms with Crippen molar-refractivity contribution < 1.29 is 8.78 Å². The Bertz CT molecular complexity index is 573. The van der Waals surface area contributed by atoms with Gasteiger partial charge < -0.3 is 15.5 Å². The first-order valence-electron chi connectivity index (χ1n) is 9.11. The Kier molecular flexibility index (Phi) is 10.4. The summed E-state index contributed by atoms with van der Waals surface area (Å²) in [5.41, 5.74) is 0.380. The van der Waals surface area contributed by atoms with Gasteiger partial charge in [0.2, 0.25) is 0 Å². The molecule has 0 radical (unpaired) electrons. The van der Waals surface area contributed by atoms with E-state index in [0.29, 0.717) is 30.5 Å². The molecule has 4 nitrogen and oxygen atoms in total. The summed E-state index contributed by atoms with van der Waals surface area (Å²) in [4.78, 5) is 6.74. The minimum absolute atomic E-state index is 0. The van der Waals surface area contributed by atoms with Crippen molar-refractivity contribution in [3.63, 3.8) is 0 Å². The first kappa shape index (κ1) is 23.1. The molecular formula is C19H31F2IN4. The van der Waals surface area contributed by atoms with Gasteiger partial charge in [-0.05, 0) is 48.9 Å². The molecule has 1 aromatic rings. The molecule has 26 heavy (non-hydrogen) atoms. The summed E-state index contributed by atoms with van der Waals surface area (Å²) in [5, 5.41) is 6.63. The predicted octanol–water partition coefficient (Wildman–Crippen LogP) is 3.41. The van der Waals surface area contributed by atoms with Gasteiger partial charge in [0.05, 0.1) is 0 Å². The molecule has 0 atom stereocenters. The summed E-state index contributed by atoms with van der Waals surface area (Å²) < 4.78 is 26.8. The lowest BCUT2D eigenvalue weighted by Crippen LogP contribution is -2.49. The number of aliphatic imine (C=N–C) groups is 1. The Hall–Kier alpha value is -0.960. The van der Waals surface area contributed by atoms with Gasteiger partial charge in [-0.1, -0.05) is 13.8 Å². The van der Waals surface area contributed by atoms with E-state index in [4.69, 9.17) is 0 Å². The van der Waals surface area contributed by atoms with Crippen LogP contribution in [0.1, 0.15) is 32.3 Å². The molecule has 1 aromatic carbocycles. The van der Waals surface area contributed by atoms with Gasteiger partial charge in [0.15, 0.2) is 5.96 Å². The van der Waals surface area contributed by atoms with Crippen LogP contribution in [0, 0.1) is 17.6 Å². The zero-order chi connectivity index (χ0) is 18.2. The van der Waals surface area contributed by atoms with Crippen LogP contribution in [0.25, 0.3) is 0 Å². The zero-order valence-corrected chi connectivity index (χ0v) is 18.2. The molecule has 0 bridgehead atoms. The van der Waals surface area contributed by atoms with E-state index in [2.05, 4.69) is 34.4 Å². The van der Waals surface area contributed by atoms with Gasteiger partial charge in [0, 0.05) is 39.3 Å². The van der Waals surface area contributed by atoms with Crippen molar-refractivity contribution in [2.45, 2.75) is 39.2 Å². The second kappa shape index (κ2) is 11.7. The molecule has 0 aliphatic carbocycles. The van der Waals surface area contributed by atoms with Crippen LogP contribution in [0.5, 0.6) is 0 Å². The van der Waals surface area contributed by atoms with E-state index in [1.54, 1.807) is 7.05 Å². The van der Waals surface area contributed by atoms with Gasteiger partial charge in [-0.2, -0.15) is 0 Å². The molecule has 1 saturated heterocycles. The highest BCUT2D eigenvalue weighted by atomic mass is 127. The molecule has 2 rings (SSSR count). The number of nitrogens with zero attached hydrogens (tertiary/aromatic N) is 2. The fourth-order valence-electron chi connectivity index (χ4n) is 3.21. The molecule has 2 N–H and O–H groups in total. The maximum Gasteiger partial charge on any atom is 0.191 e. The van der Waals surface area contributed by atoms with Gasteiger partial charge in [0.1, 0.15) is 11.6 Å². The van der Waals surface area contributed by atoms with Crippen LogP contribution in [-0.4, -0.2) is 50.1 Å². The molecule has 0 aromatic heterocycles. The molecule has 1 aliphatic rings. The van der Waals surface area contributed by atoms with E-state index < -0.39 is 5.82 Å². The normalized spacial score (nSPS) is 16.5. The molecule has 0 unspecified atom stereocenters. The largest absolute Gasteiger partial charge is 0.356 e. The highest BCUT2D eigenvalue weighted by Gasteiger charge is 2.20. The van der Waals surface area contributed by atoms with Crippen molar-refractivity contribution in [3.05, 3.63) is 35.4 Å². The zero-order valence-electron chi connectivity index (χ0n) is 15.9. The molecule has 0 saturated carbocycles. The Balaban J connectivity index is 0.00000338. The molecule has 7 heteroatoms. The maximum absolute atomic E-state index is 13.6. The number of piperidine rings is 1. The Morgan fingerprint density at radius 1 is 1.27 bits per heavy atom. The van der Waals surface area contributed by atoms with Gasteiger partial charge in [0.25, 0.3) is 0 Å². The molecule has 1 heterocycles. The smallest absolute Gasteiger partial charge is 0.191 e. The molecule has 0 amide bonds. The van der Waals surface area contributed by atoms with Crippen molar-refractivity contribution in [2.75, 3.05) is 33.2 Å². The van der Waals surface area contributed by atoms with Crippen LogP contribution >= 0.6 is 24.0 Å². The maximum atomic E-state index is 13.6. The first-order chi connectivity index (χ1) is 12.0. The quantitative estimate of drug-likeness (QED) is 0.373. The van der Waals surface area contributed by atoms with E-state index in [-0.39, 0.29) is 29.8 Å². The first-order valence-corrected chi connectivity index (χ1v) is 9.11. The van der Waals surface area contributed by atoms with Crippen molar-refractivity contribution in [1.29, 1.82) is 0 Å². The minimum Gasteiger partial charge on any atom is -0.356 e. The summed E-state index contributed by atoms with van der Waals surface area (Å²) in [6.07, 6.45) is 2.59. The Morgan fingerprint density at radius 3 is 2.58 bits per heavy atom. The van der Waals surface area contributed by atoms with Crippen LogP contribution in [-0.2, 0) is 6.42 Å². The number of guanidine groups is 1. The van der Waals surface area contributed by atoms with Crippen molar-refractivity contribution in [3.8, 4) is 0 Å². The second-order valence-corrected chi connectivity index (χ2v) is 7.10. The number of rotatable bonds is 6. The Labute approximate surface area is 172 Å². The number of hydrogen-bond acceptors (Lipinski definition) is 2. The third-order valence-corrected chi connectivity index (χ3v) is 4.47. The molecule has 0 spiro atoms. The number of nitrogens with one attached hydrogen (secondary N) is 2. The van der Waals surface area contributed by atoms with Crippen LogP contribution in [0.2, 0.25) is 0 Å². The van der Waals surface area contributed by atoms with E-state index in [1.807, 2.05) is 0 Å². The predicted molar refractivity (Wildman–Crippen MR) is 114 cm³/mol. The number of hydrogen-bond donors (Lipinski definition) is 2. The van der Waals surface area contributed by atoms with Gasteiger partial charge in [-0.15, -0.1) is 24.0 Å². The van der Waals surface area contributed by atoms with Gasteiger partial charge >= 0.3 is 0 Å². The van der Waals surface area contributed by atoms with Crippen LogP contribution in [0.15, 0.2) is 23.2 Å². The van der Waals surface area contributed by atoms with Crippen LogP contribution < -0.4 is 10.6 Å². The second-order valence-electron chi connectivity index (χ2n) is 7.10. The summed E-state index contributed by atoms with van der Waals surface area (Å²) in [6.45, 7) is 8.35. The number of halogens is 3. The third-order valence-electron chi connectivity index (χ3n) is 4.47. The SMILES string of the molecule is CN=C(NCCc1cc(F)ccc1F)NC1CCN(CC(C)C)CC1.I. The fraction of sp³-hybridized carbons (Fsp3) is 0.632. The minimum atomic E-state index is -0.410. The number of likely N-dealkylation sites (tertiary alicyclic amines) is 1. The Morgan fingerprint density at radius 2 is 1.96 bits per heavy atom. The summed E-state index contributed by atoms with van der Waals surface area (Å²) >= 11 is 0. The van der Waals surface area contributed by atoms with E-state index in [9.17, 15) is 8.78 Å². The van der Waals surface area contributed by atoms with Crippen LogP contribution in [0.4, 0.5) is 8.78 Å². The molecular weight excluding hydrogens is 449 g/mol. The highest BCUT2D eigenvalue weighted by molar-refractivity contribution is 14.0. The monoisotopic (exact) mass is 480 g/mol. The number of benzene rings is 1.